The molecule has 29 heavy (non-hydrogen) atoms. The molecule has 0 atom stereocenters. The summed E-state index contributed by atoms with van der Waals surface area (Å²) in [5.74, 6) is 1.59. The van der Waals surface area contributed by atoms with Gasteiger partial charge in [-0.2, -0.15) is 0 Å². The van der Waals surface area contributed by atoms with Crippen LogP contribution in [0.5, 0.6) is 17.2 Å². The Morgan fingerprint density at radius 3 is 2.52 bits per heavy atom. The number of ether oxygens (including phenoxy) is 3. The summed E-state index contributed by atoms with van der Waals surface area (Å²) in [6.45, 7) is 2.46. The topological polar surface area (TPSA) is 82.6 Å². The van der Waals surface area contributed by atoms with Gasteiger partial charge in [-0.25, -0.2) is 0 Å². The Bertz CT molecular complexity index is 928. The Kier molecular flexibility index (Phi) is 7.40. The average molecular weight is 413 g/mol. The molecule has 0 saturated heterocycles. The van der Waals surface area contributed by atoms with Crippen molar-refractivity contribution in [3.05, 3.63) is 59.1 Å². The third-order valence-corrected chi connectivity index (χ3v) is 4.96. The second kappa shape index (κ2) is 10.4. The zero-order chi connectivity index (χ0) is 20.5. The van der Waals surface area contributed by atoms with Crippen LogP contribution in [0.3, 0.4) is 0 Å². The van der Waals surface area contributed by atoms with E-state index in [1.807, 2.05) is 24.3 Å². The number of hydrogen-bond donors (Lipinski definition) is 1. The highest BCUT2D eigenvalue weighted by Crippen LogP contribution is 2.25. The van der Waals surface area contributed by atoms with Crippen LogP contribution < -0.4 is 19.5 Å². The fourth-order valence-electron chi connectivity index (χ4n) is 2.52. The lowest BCUT2D eigenvalue weighted by atomic mass is 10.2. The quantitative estimate of drug-likeness (QED) is 0.545. The average Bonchev–Trinajstić information content (AvgIpc) is 3.20. The second-order valence-corrected chi connectivity index (χ2v) is 7.15. The number of nitrogens with one attached hydrogen (secondary N) is 1. The number of aromatic nitrogens is 2. The molecule has 1 aromatic heterocycles. The van der Waals surface area contributed by atoms with E-state index in [1.165, 1.54) is 16.9 Å². The Morgan fingerprint density at radius 1 is 1.03 bits per heavy atom. The van der Waals surface area contributed by atoms with Gasteiger partial charge in [0.1, 0.15) is 10.8 Å². The van der Waals surface area contributed by atoms with Crippen molar-refractivity contribution in [2.75, 3.05) is 25.6 Å². The molecule has 1 N–H and O–H groups in total. The van der Waals surface area contributed by atoms with E-state index in [9.17, 15) is 4.79 Å². The van der Waals surface area contributed by atoms with Crippen LogP contribution >= 0.6 is 11.3 Å². The minimum atomic E-state index is -0.314. The van der Waals surface area contributed by atoms with Crippen LogP contribution in [0.15, 0.2) is 48.5 Å². The molecule has 0 spiro atoms. The smallest absolute Gasteiger partial charge is 0.264 e. The summed E-state index contributed by atoms with van der Waals surface area (Å²) in [6, 6.07) is 15.2. The number of carbonyl (C=O) groups is 1. The van der Waals surface area contributed by atoms with Crippen molar-refractivity contribution in [1.82, 2.24) is 10.2 Å². The molecule has 1 heterocycles. The molecule has 152 valence electrons. The molecule has 0 aliphatic heterocycles. The summed E-state index contributed by atoms with van der Waals surface area (Å²) in [5, 5.41) is 12.0. The molecule has 0 aliphatic carbocycles. The SMILES string of the molecule is CCc1ccc(OCCc2nnc(NC(=O)COc3ccccc3OC)s2)cc1. The van der Waals surface area contributed by atoms with Crippen LogP contribution in [0.2, 0.25) is 0 Å². The van der Waals surface area contributed by atoms with E-state index in [2.05, 4.69) is 34.6 Å². The second-order valence-electron chi connectivity index (χ2n) is 6.08. The van der Waals surface area contributed by atoms with E-state index in [-0.39, 0.29) is 12.5 Å². The van der Waals surface area contributed by atoms with E-state index in [0.717, 1.165) is 17.2 Å². The zero-order valence-electron chi connectivity index (χ0n) is 16.4. The predicted octanol–water partition coefficient (Wildman–Crippen LogP) is 3.75. The Balaban J connectivity index is 1.42. The number of aryl methyl sites for hydroxylation is 1. The molecule has 0 radical (unpaired) electrons. The maximum atomic E-state index is 12.1. The zero-order valence-corrected chi connectivity index (χ0v) is 17.2. The summed E-state index contributed by atoms with van der Waals surface area (Å²) < 4.78 is 16.4. The van der Waals surface area contributed by atoms with Gasteiger partial charge in [0.05, 0.1) is 13.7 Å². The van der Waals surface area contributed by atoms with Crippen LogP contribution in [-0.2, 0) is 17.6 Å². The summed E-state index contributed by atoms with van der Waals surface area (Å²) in [6.07, 6.45) is 1.62. The lowest BCUT2D eigenvalue weighted by Crippen LogP contribution is -2.20. The monoisotopic (exact) mass is 413 g/mol. The van der Waals surface area contributed by atoms with Crippen molar-refractivity contribution in [1.29, 1.82) is 0 Å². The Morgan fingerprint density at radius 2 is 1.79 bits per heavy atom. The molecule has 0 saturated carbocycles. The fourth-order valence-corrected chi connectivity index (χ4v) is 3.26. The Hall–Kier alpha value is -3.13. The molecular weight excluding hydrogens is 390 g/mol. The van der Waals surface area contributed by atoms with Crippen LogP contribution in [0, 0.1) is 0 Å². The first kappa shape index (κ1) is 20.6. The molecule has 2 aromatic carbocycles. The number of benzene rings is 2. The number of para-hydroxylation sites is 2. The number of amides is 1. The molecule has 0 aliphatic rings. The highest BCUT2D eigenvalue weighted by molar-refractivity contribution is 7.15. The number of carbonyl (C=O) groups excluding carboxylic acids is 1. The molecule has 0 fully saturated rings. The van der Waals surface area contributed by atoms with E-state index in [4.69, 9.17) is 14.2 Å². The van der Waals surface area contributed by atoms with Crippen LogP contribution in [-0.4, -0.2) is 36.4 Å². The van der Waals surface area contributed by atoms with Gasteiger partial charge < -0.3 is 14.2 Å². The lowest BCUT2D eigenvalue weighted by molar-refractivity contribution is -0.118. The van der Waals surface area contributed by atoms with Gasteiger partial charge in [0.25, 0.3) is 5.91 Å². The molecule has 3 rings (SSSR count). The summed E-state index contributed by atoms with van der Waals surface area (Å²) >= 11 is 1.32. The predicted molar refractivity (Wildman–Crippen MR) is 112 cm³/mol. The van der Waals surface area contributed by atoms with Gasteiger partial charge in [0.15, 0.2) is 18.1 Å². The Labute approximate surface area is 173 Å². The highest BCUT2D eigenvalue weighted by Gasteiger charge is 2.11. The molecule has 3 aromatic rings. The van der Waals surface area contributed by atoms with Gasteiger partial charge in [0.2, 0.25) is 5.13 Å². The number of anilines is 1. The van der Waals surface area contributed by atoms with Gasteiger partial charge in [-0.1, -0.05) is 42.5 Å². The molecular formula is C21H23N3O4S. The summed E-state index contributed by atoms with van der Waals surface area (Å²) in [5.41, 5.74) is 1.27. The van der Waals surface area contributed by atoms with Gasteiger partial charge >= 0.3 is 0 Å². The van der Waals surface area contributed by atoms with Crippen molar-refractivity contribution < 1.29 is 19.0 Å². The first-order valence-corrected chi connectivity index (χ1v) is 10.1. The van der Waals surface area contributed by atoms with Gasteiger partial charge in [-0.05, 0) is 36.2 Å². The molecule has 0 bridgehead atoms. The van der Waals surface area contributed by atoms with Crippen LogP contribution in [0.1, 0.15) is 17.5 Å². The van der Waals surface area contributed by atoms with Crippen molar-refractivity contribution in [3.8, 4) is 17.2 Å². The van der Waals surface area contributed by atoms with Crippen molar-refractivity contribution in [3.63, 3.8) is 0 Å². The largest absolute Gasteiger partial charge is 0.493 e. The van der Waals surface area contributed by atoms with Crippen molar-refractivity contribution >= 4 is 22.4 Å². The maximum Gasteiger partial charge on any atom is 0.264 e. The molecule has 8 heteroatoms. The minimum Gasteiger partial charge on any atom is -0.493 e. The summed E-state index contributed by atoms with van der Waals surface area (Å²) in [4.78, 5) is 12.1. The number of rotatable bonds is 10. The van der Waals surface area contributed by atoms with E-state index >= 15 is 0 Å². The van der Waals surface area contributed by atoms with Gasteiger partial charge in [0, 0.05) is 6.42 Å². The highest BCUT2D eigenvalue weighted by atomic mass is 32.1. The number of hydrogen-bond acceptors (Lipinski definition) is 7. The van der Waals surface area contributed by atoms with Gasteiger partial charge in [-0.15, -0.1) is 10.2 Å². The number of methoxy groups -OCH3 is 1. The van der Waals surface area contributed by atoms with Crippen molar-refractivity contribution in [2.45, 2.75) is 19.8 Å². The maximum absolute atomic E-state index is 12.1. The van der Waals surface area contributed by atoms with Gasteiger partial charge in [-0.3, -0.25) is 10.1 Å². The fraction of sp³-hybridized carbons (Fsp3) is 0.286. The standard InChI is InChI=1S/C21H23N3O4S/c1-3-15-8-10-16(11-9-15)27-13-12-20-23-24-21(29-20)22-19(25)14-28-18-7-5-4-6-17(18)26-2/h4-11H,3,12-14H2,1-2H3,(H,22,24,25). The molecule has 0 unspecified atom stereocenters. The molecule has 7 nitrogen and oxygen atoms in total. The third kappa shape index (κ3) is 6.18. The van der Waals surface area contributed by atoms with Crippen LogP contribution in [0.25, 0.3) is 0 Å². The minimum absolute atomic E-state index is 0.147. The van der Waals surface area contributed by atoms with Crippen LogP contribution in [0.4, 0.5) is 5.13 Å². The summed E-state index contributed by atoms with van der Waals surface area (Å²) in [7, 11) is 1.55. The van der Waals surface area contributed by atoms with E-state index < -0.39 is 0 Å². The lowest BCUT2D eigenvalue weighted by Gasteiger charge is -2.09. The van der Waals surface area contributed by atoms with Crippen molar-refractivity contribution in [2.24, 2.45) is 0 Å². The normalized spacial score (nSPS) is 10.4. The first-order chi connectivity index (χ1) is 14.2. The van der Waals surface area contributed by atoms with E-state index in [0.29, 0.717) is 29.7 Å². The first-order valence-electron chi connectivity index (χ1n) is 9.27. The number of nitrogens with zero attached hydrogens (tertiary/aromatic N) is 2. The van der Waals surface area contributed by atoms with E-state index in [1.54, 1.807) is 19.2 Å². The molecule has 1 amide bonds. The third-order valence-electron chi connectivity index (χ3n) is 4.06.